The van der Waals surface area contributed by atoms with E-state index in [1.165, 1.54) is 36.9 Å². The molecule has 2 unspecified atom stereocenters. The van der Waals surface area contributed by atoms with E-state index in [-0.39, 0.29) is 6.04 Å². The second kappa shape index (κ2) is 5.39. The van der Waals surface area contributed by atoms with Gasteiger partial charge < -0.3 is 4.74 Å². The first-order chi connectivity index (χ1) is 12.8. The zero-order valence-electron chi connectivity index (χ0n) is 15.0. The highest BCUT2D eigenvalue weighted by Gasteiger charge is 2.54. The van der Waals surface area contributed by atoms with Crippen molar-refractivity contribution in [3.8, 4) is 5.75 Å². The predicted molar refractivity (Wildman–Crippen MR) is 98.0 cm³/mol. The largest absolute Gasteiger partial charge is 0.497 e. The van der Waals surface area contributed by atoms with Crippen molar-refractivity contribution in [2.45, 2.75) is 31.0 Å². The van der Waals surface area contributed by atoms with Crippen molar-refractivity contribution in [3.05, 3.63) is 36.0 Å². The van der Waals surface area contributed by atoms with Crippen LogP contribution in [0.5, 0.6) is 5.75 Å². The molecule has 1 aromatic carbocycles. The van der Waals surface area contributed by atoms with E-state index in [2.05, 4.69) is 43.4 Å². The van der Waals surface area contributed by atoms with Gasteiger partial charge in [-0.25, -0.2) is 0 Å². The molecule has 0 spiro atoms. The molecule has 6 aliphatic heterocycles. The summed E-state index contributed by atoms with van der Waals surface area (Å²) in [5.74, 6) is 2.42. The van der Waals surface area contributed by atoms with Crippen LogP contribution in [0.1, 0.15) is 24.4 Å². The number of piperidine rings is 3. The van der Waals surface area contributed by atoms with Crippen LogP contribution in [0.2, 0.25) is 0 Å². The van der Waals surface area contributed by atoms with Crippen LogP contribution >= 0.6 is 0 Å². The van der Waals surface area contributed by atoms with Gasteiger partial charge in [0, 0.05) is 24.2 Å². The highest BCUT2D eigenvalue weighted by atomic mass is 16.5. The summed E-state index contributed by atoms with van der Waals surface area (Å²) in [6.07, 6.45) is 4.56. The first-order valence-corrected chi connectivity index (χ1v) is 9.66. The maximum atomic E-state index is 5.49. The number of hydrogen-bond donors (Lipinski definition) is 0. The van der Waals surface area contributed by atoms with Crippen LogP contribution < -0.4 is 4.74 Å². The van der Waals surface area contributed by atoms with Crippen LogP contribution in [0.15, 0.2) is 40.8 Å². The SMILES string of the molecule is COc1ccc2nccc([C@H]3[C@H]4C[C@@H]5CCN4C[C@@H]5C4CN=NN43)c2c1. The quantitative estimate of drug-likeness (QED) is 0.836. The molecule has 4 bridgehead atoms. The van der Waals surface area contributed by atoms with Gasteiger partial charge in [-0.3, -0.25) is 14.9 Å². The van der Waals surface area contributed by atoms with Crippen LogP contribution in [-0.4, -0.2) is 53.7 Å². The van der Waals surface area contributed by atoms with E-state index in [1.807, 2.05) is 12.3 Å². The zero-order chi connectivity index (χ0) is 17.3. The van der Waals surface area contributed by atoms with Crippen molar-refractivity contribution in [2.75, 3.05) is 26.7 Å². The Morgan fingerprint density at radius 1 is 1.19 bits per heavy atom. The maximum absolute atomic E-state index is 5.49. The molecule has 0 amide bonds. The van der Waals surface area contributed by atoms with E-state index >= 15 is 0 Å². The van der Waals surface area contributed by atoms with Crippen molar-refractivity contribution < 1.29 is 4.74 Å². The number of fused-ring (bicyclic) bond motifs is 2. The Bertz CT molecular complexity index is 899. The topological polar surface area (TPSA) is 53.3 Å². The molecule has 8 rings (SSSR count). The molecule has 0 aliphatic carbocycles. The molecule has 0 radical (unpaired) electrons. The predicted octanol–water partition coefficient (Wildman–Crippen LogP) is 3.06. The van der Waals surface area contributed by atoms with Crippen LogP contribution in [0.25, 0.3) is 10.9 Å². The minimum Gasteiger partial charge on any atom is -0.497 e. The summed E-state index contributed by atoms with van der Waals surface area (Å²) in [4.78, 5) is 7.31. The number of pyridine rings is 1. The molecule has 2 aromatic rings. The second-order valence-corrected chi connectivity index (χ2v) is 8.10. The molecule has 26 heavy (non-hydrogen) atoms. The van der Waals surface area contributed by atoms with E-state index in [9.17, 15) is 0 Å². The molecule has 6 aliphatic rings. The molecule has 0 N–H and O–H groups in total. The molecule has 6 atom stereocenters. The van der Waals surface area contributed by atoms with Gasteiger partial charge in [0.2, 0.25) is 0 Å². The molecule has 6 heteroatoms. The number of aromatic nitrogens is 1. The van der Waals surface area contributed by atoms with Crippen molar-refractivity contribution in [2.24, 2.45) is 22.2 Å². The van der Waals surface area contributed by atoms with Gasteiger partial charge in [-0.2, -0.15) is 5.11 Å². The minimum atomic E-state index is 0.249. The molecule has 7 heterocycles. The molecule has 5 saturated heterocycles. The highest BCUT2D eigenvalue weighted by molar-refractivity contribution is 5.84. The second-order valence-electron chi connectivity index (χ2n) is 8.10. The van der Waals surface area contributed by atoms with Gasteiger partial charge in [0.15, 0.2) is 0 Å². The van der Waals surface area contributed by atoms with Crippen molar-refractivity contribution >= 4 is 10.9 Å². The third kappa shape index (κ3) is 1.93. The lowest BCUT2D eigenvalue weighted by Crippen LogP contribution is -2.54. The lowest BCUT2D eigenvalue weighted by atomic mass is 9.73. The van der Waals surface area contributed by atoms with Gasteiger partial charge in [-0.1, -0.05) is 5.22 Å². The fourth-order valence-electron chi connectivity index (χ4n) is 5.87. The Morgan fingerprint density at radius 3 is 3.00 bits per heavy atom. The smallest absolute Gasteiger partial charge is 0.119 e. The van der Waals surface area contributed by atoms with E-state index in [0.717, 1.165) is 23.7 Å². The zero-order valence-corrected chi connectivity index (χ0v) is 15.0. The van der Waals surface area contributed by atoms with Gasteiger partial charge in [-0.15, -0.1) is 0 Å². The molecular weight excluding hydrogens is 326 g/mol. The Labute approximate surface area is 152 Å². The van der Waals surface area contributed by atoms with Crippen LogP contribution in [0.4, 0.5) is 0 Å². The third-order valence-electron chi connectivity index (χ3n) is 7.07. The van der Waals surface area contributed by atoms with E-state index in [0.29, 0.717) is 18.0 Å². The van der Waals surface area contributed by atoms with Crippen molar-refractivity contribution in [3.63, 3.8) is 0 Å². The monoisotopic (exact) mass is 349 g/mol. The number of rotatable bonds is 2. The number of benzene rings is 1. The van der Waals surface area contributed by atoms with E-state index in [4.69, 9.17) is 4.74 Å². The summed E-state index contributed by atoms with van der Waals surface area (Å²) in [5, 5.41) is 12.6. The van der Waals surface area contributed by atoms with Gasteiger partial charge in [0.05, 0.1) is 31.3 Å². The van der Waals surface area contributed by atoms with Crippen LogP contribution in [0, 0.1) is 11.8 Å². The van der Waals surface area contributed by atoms with Gasteiger partial charge in [-0.05, 0) is 61.1 Å². The number of methoxy groups -OCH3 is 1. The fourth-order valence-corrected chi connectivity index (χ4v) is 5.87. The average Bonchev–Trinajstić information content (AvgIpc) is 3.10. The first kappa shape index (κ1) is 14.9. The van der Waals surface area contributed by atoms with Crippen LogP contribution in [-0.2, 0) is 0 Å². The number of nitrogens with zero attached hydrogens (tertiary/aromatic N) is 5. The summed E-state index contributed by atoms with van der Waals surface area (Å²) in [7, 11) is 1.72. The van der Waals surface area contributed by atoms with E-state index < -0.39 is 0 Å². The van der Waals surface area contributed by atoms with Gasteiger partial charge in [0.1, 0.15) is 5.75 Å². The maximum Gasteiger partial charge on any atom is 0.119 e. The summed E-state index contributed by atoms with van der Waals surface area (Å²) < 4.78 is 5.49. The first-order valence-electron chi connectivity index (χ1n) is 9.66. The molecule has 1 aromatic heterocycles. The lowest BCUT2D eigenvalue weighted by molar-refractivity contribution is 0.00641. The van der Waals surface area contributed by atoms with Gasteiger partial charge in [0.25, 0.3) is 0 Å². The Balaban J connectivity index is 1.55. The van der Waals surface area contributed by atoms with Crippen molar-refractivity contribution in [1.29, 1.82) is 0 Å². The molecule has 6 nitrogen and oxygen atoms in total. The Kier molecular flexibility index (Phi) is 3.09. The molecule has 5 fully saturated rings. The molecule has 134 valence electrons. The Hall–Kier alpha value is -2.21. The van der Waals surface area contributed by atoms with Crippen LogP contribution in [0.3, 0.4) is 0 Å². The summed E-state index contributed by atoms with van der Waals surface area (Å²) in [6, 6.07) is 9.58. The highest BCUT2D eigenvalue weighted by Crippen LogP contribution is 2.51. The summed E-state index contributed by atoms with van der Waals surface area (Å²) >= 11 is 0. The summed E-state index contributed by atoms with van der Waals surface area (Å²) in [6.45, 7) is 3.29. The van der Waals surface area contributed by atoms with Gasteiger partial charge >= 0.3 is 0 Å². The number of hydrogen-bond acceptors (Lipinski definition) is 6. The molecule has 0 saturated carbocycles. The summed E-state index contributed by atoms with van der Waals surface area (Å²) in [5.41, 5.74) is 2.34. The van der Waals surface area contributed by atoms with E-state index in [1.54, 1.807) is 7.11 Å². The Morgan fingerprint density at radius 2 is 2.15 bits per heavy atom. The normalized spacial score (nSPS) is 37.2. The number of ether oxygens (including phenoxy) is 1. The fraction of sp³-hybridized carbons (Fsp3) is 0.550. The standard InChI is InChI=1S/C20H23N5O/c1-26-13-2-3-17-15(9-13)14(4-6-21-17)20-18-8-12-5-7-24(18)11-16(12)19-10-22-23-25(19)20/h2-4,6,9,12,16,18-20H,5,7-8,10-11H2,1H3/t12-,16-,18+,19?,20-/m0/s1. The lowest BCUT2D eigenvalue weighted by Gasteiger charge is -2.49. The minimum absolute atomic E-state index is 0.249. The average molecular weight is 349 g/mol. The third-order valence-corrected chi connectivity index (χ3v) is 7.07. The van der Waals surface area contributed by atoms with Crippen molar-refractivity contribution in [1.82, 2.24) is 14.9 Å². The molecular formula is C20H23N5O.